The molecule has 2 aromatic heterocycles. The summed E-state index contributed by atoms with van der Waals surface area (Å²) >= 11 is 6.84. The van der Waals surface area contributed by atoms with Gasteiger partial charge >= 0.3 is 5.97 Å². The van der Waals surface area contributed by atoms with Crippen molar-refractivity contribution in [1.82, 2.24) is 14.9 Å². The Bertz CT molecular complexity index is 892. The quantitative estimate of drug-likeness (QED) is 0.550. The zero-order valence-electron chi connectivity index (χ0n) is 11.8. The van der Waals surface area contributed by atoms with Gasteiger partial charge in [-0.25, -0.2) is 4.79 Å². The van der Waals surface area contributed by atoms with Gasteiger partial charge in [0, 0.05) is 11.3 Å². The van der Waals surface area contributed by atoms with Crippen LogP contribution in [0.1, 0.15) is 26.6 Å². The van der Waals surface area contributed by atoms with E-state index < -0.39 is 5.97 Å². The second-order valence-corrected chi connectivity index (χ2v) is 6.10. The SMILES string of the molecule is O=C(O)c1ccc(/C=N\n2c(Cc3cccs3)n[nH]c2=S)cc1. The van der Waals surface area contributed by atoms with Crippen LogP contribution in [0.2, 0.25) is 0 Å². The minimum Gasteiger partial charge on any atom is -0.478 e. The number of aromatic amines is 1. The average Bonchev–Trinajstić information content (AvgIpc) is 3.17. The first-order chi connectivity index (χ1) is 11.1. The van der Waals surface area contributed by atoms with Crippen LogP contribution in [-0.4, -0.2) is 32.2 Å². The van der Waals surface area contributed by atoms with Gasteiger partial charge in [0.15, 0.2) is 5.82 Å². The molecule has 0 saturated heterocycles. The lowest BCUT2D eigenvalue weighted by Crippen LogP contribution is -2.00. The van der Waals surface area contributed by atoms with E-state index in [1.54, 1.807) is 34.4 Å². The first kappa shape index (κ1) is 15.3. The fraction of sp³-hybridized carbons (Fsp3) is 0.0667. The Morgan fingerprint density at radius 3 is 2.83 bits per heavy atom. The summed E-state index contributed by atoms with van der Waals surface area (Å²) < 4.78 is 1.98. The summed E-state index contributed by atoms with van der Waals surface area (Å²) in [5.74, 6) is -0.236. The zero-order valence-corrected chi connectivity index (χ0v) is 13.5. The number of benzene rings is 1. The van der Waals surface area contributed by atoms with Gasteiger partial charge < -0.3 is 5.11 Å². The topological polar surface area (TPSA) is 83.3 Å². The van der Waals surface area contributed by atoms with Crippen molar-refractivity contribution in [3.05, 3.63) is 68.4 Å². The van der Waals surface area contributed by atoms with Crippen molar-refractivity contribution in [2.45, 2.75) is 6.42 Å². The summed E-state index contributed by atoms with van der Waals surface area (Å²) in [5, 5.41) is 22.2. The maximum atomic E-state index is 10.8. The van der Waals surface area contributed by atoms with Gasteiger partial charge in [-0.15, -0.1) is 11.3 Å². The molecular formula is C15H12N4O2S2. The Morgan fingerprint density at radius 2 is 2.17 bits per heavy atom. The monoisotopic (exact) mass is 344 g/mol. The van der Waals surface area contributed by atoms with Gasteiger partial charge in [-0.05, 0) is 41.4 Å². The molecule has 0 atom stereocenters. The molecule has 2 N–H and O–H groups in total. The predicted octanol–water partition coefficient (Wildman–Crippen LogP) is 3.17. The minimum absolute atomic E-state index is 0.237. The molecule has 0 saturated carbocycles. The molecule has 1 aromatic carbocycles. The molecule has 0 spiro atoms. The smallest absolute Gasteiger partial charge is 0.335 e. The van der Waals surface area contributed by atoms with Crippen LogP contribution in [0.25, 0.3) is 0 Å². The molecule has 3 rings (SSSR count). The third-order valence-electron chi connectivity index (χ3n) is 3.11. The molecule has 0 amide bonds. The van der Waals surface area contributed by atoms with Gasteiger partial charge in [-0.1, -0.05) is 18.2 Å². The Balaban J connectivity index is 1.83. The Labute approximate surface area is 140 Å². The molecule has 0 aliphatic carbocycles. The lowest BCUT2D eigenvalue weighted by atomic mass is 10.1. The molecule has 0 unspecified atom stereocenters. The van der Waals surface area contributed by atoms with Gasteiger partial charge in [0.2, 0.25) is 4.77 Å². The van der Waals surface area contributed by atoms with Crippen molar-refractivity contribution < 1.29 is 9.90 Å². The summed E-state index contributed by atoms with van der Waals surface area (Å²) in [5.41, 5.74) is 1.01. The molecular weight excluding hydrogens is 332 g/mol. The van der Waals surface area contributed by atoms with Crippen LogP contribution in [0.5, 0.6) is 0 Å². The van der Waals surface area contributed by atoms with Crippen LogP contribution in [0, 0.1) is 4.77 Å². The number of hydrogen-bond acceptors (Lipinski definition) is 5. The Hall–Kier alpha value is -2.58. The maximum Gasteiger partial charge on any atom is 0.335 e. The van der Waals surface area contributed by atoms with Gasteiger partial charge in [-0.3, -0.25) is 5.10 Å². The number of carbonyl (C=O) groups is 1. The van der Waals surface area contributed by atoms with E-state index in [0.29, 0.717) is 11.2 Å². The first-order valence-electron chi connectivity index (χ1n) is 6.70. The second kappa shape index (κ2) is 6.67. The van der Waals surface area contributed by atoms with E-state index in [2.05, 4.69) is 15.3 Å². The van der Waals surface area contributed by atoms with Crippen molar-refractivity contribution in [2.24, 2.45) is 5.10 Å². The number of H-pyrrole nitrogens is 1. The van der Waals surface area contributed by atoms with Crippen LogP contribution in [0.15, 0.2) is 46.9 Å². The Morgan fingerprint density at radius 1 is 1.39 bits per heavy atom. The van der Waals surface area contributed by atoms with Crippen LogP contribution >= 0.6 is 23.6 Å². The summed E-state index contributed by atoms with van der Waals surface area (Å²) in [6.45, 7) is 0. The number of carboxylic acids is 1. The van der Waals surface area contributed by atoms with E-state index in [4.69, 9.17) is 17.3 Å². The molecule has 23 heavy (non-hydrogen) atoms. The molecule has 8 heteroatoms. The highest BCUT2D eigenvalue weighted by atomic mass is 32.1. The van der Waals surface area contributed by atoms with E-state index in [-0.39, 0.29) is 5.56 Å². The number of nitrogens with one attached hydrogen (secondary N) is 1. The number of carboxylic acid groups (broad SMARTS) is 1. The molecule has 6 nitrogen and oxygen atoms in total. The second-order valence-electron chi connectivity index (χ2n) is 4.68. The van der Waals surface area contributed by atoms with Crippen LogP contribution in [0.4, 0.5) is 0 Å². The van der Waals surface area contributed by atoms with Crippen LogP contribution < -0.4 is 0 Å². The van der Waals surface area contributed by atoms with E-state index in [1.807, 2.05) is 17.5 Å². The Kier molecular flexibility index (Phi) is 4.45. The highest BCUT2D eigenvalue weighted by molar-refractivity contribution is 7.71. The van der Waals surface area contributed by atoms with Gasteiger partial charge in [0.25, 0.3) is 0 Å². The van der Waals surface area contributed by atoms with Gasteiger partial charge in [0.05, 0.1) is 11.8 Å². The molecule has 0 aliphatic rings. The summed E-state index contributed by atoms with van der Waals surface area (Å²) in [7, 11) is 0. The lowest BCUT2D eigenvalue weighted by molar-refractivity contribution is 0.0697. The highest BCUT2D eigenvalue weighted by Gasteiger charge is 2.07. The largest absolute Gasteiger partial charge is 0.478 e. The lowest BCUT2D eigenvalue weighted by Gasteiger charge is -1.99. The van der Waals surface area contributed by atoms with Crippen LogP contribution in [-0.2, 0) is 6.42 Å². The van der Waals surface area contributed by atoms with Crippen molar-refractivity contribution >= 4 is 35.7 Å². The summed E-state index contributed by atoms with van der Waals surface area (Å²) in [6, 6.07) is 10.5. The van der Waals surface area contributed by atoms with E-state index in [0.717, 1.165) is 11.4 Å². The number of hydrogen-bond donors (Lipinski definition) is 2. The molecule has 0 fully saturated rings. The van der Waals surface area contributed by atoms with E-state index in [9.17, 15) is 4.79 Å². The summed E-state index contributed by atoms with van der Waals surface area (Å²) in [6.07, 6.45) is 2.26. The molecule has 0 aliphatic heterocycles. The normalized spacial score (nSPS) is 11.1. The number of rotatable bonds is 5. The van der Waals surface area contributed by atoms with E-state index in [1.165, 1.54) is 17.0 Å². The first-order valence-corrected chi connectivity index (χ1v) is 7.98. The number of thiophene rings is 1. The molecule has 0 bridgehead atoms. The summed E-state index contributed by atoms with van der Waals surface area (Å²) in [4.78, 5) is 12.0. The molecule has 116 valence electrons. The molecule has 3 aromatic rings. The fourth-order valence-electron chi connectivity index (χ4n) is 1.96. The highest BCUT2D eigenvalue weighted by Crippen LogP contribution is 2.13. The van der Waals surface area contributed by atoms with Crippen LogP contribution in [0.3, 0.4) is 0 Å². The standard InChI is InChI=1S/C15H12N4O2S2/c20-14(21)11-5-3-10(4-6-11)9-16-19-13(17-18-15(19)22)8-12-2-1-7-23-12/h1-7,9H,8H2,(H,18,22)(H,20,21)/b16-9-. The van der Waals surface area contributed by atoms with Crippen molar-refractivity contribution in [3.63, 3.8) is 0 Å². The van der Waals surface area contributed by atoms with Gasteiger partial charge in [-0.2, -0.15) is 14.9 Å². The van der Waals surface area contributed by atoms with Crippen molar-refractivity contribution in [1.29, 1.82) is 0 Å². The van der Waals surface area contributed by atoms with E-state index >= 15 is 0 Å². The number of aromatic carboxylic acids is 1. The van der Waals surface area contributed by atoms with Crippen molar-refractivity contribution in [3.8, 4) is 0 Å². The third-order valence-corrected chi connectivity index (χ3v) is 4.25. The number of nitrogens with zero attached hydrogens (tertiary/aromatic N) is 3. The predicted molar refractivity (Wildman–Crippen MR) is 90.9 cm³/mol. The number of aromatic nitrogens is 3. The maximum absolute atomic E-state index is 10.8. The molecule has 2 heterocycles. The third kappa shape index (κ3) is 3.61. The van der Waals surface area contributed by atoms with Crippen molar-refractivity contribution in [2.75, 3.05) is 0 Å². The average molecular weight is 344 g/mol. The zero-order chi connectivity index (χ0) is 16.2. The van der Waals surface area contributed by atoms with Gasteiger partial charge in [0.1, 0.15) is 0 Å². The molecule has 0 radical (unpaired) electrons. The minimum atomic E-state index is -0.955. The fourth-order valence-corrected chi connectivity index (χ4v) is 2.86.